The summed E-state index contributed by atoms with van der Waals surface area (Å²) in [6.45, 7) is 4.09. The maximum absolute atomic E-state index is 12.7. The Morgan fingerprint density at radius 3 is 2.57 bits per heavy atom. The van der Waals surface area contributed by atoms with Crippen molar-refractivity contribution in [1.29, 1.82) is 0 Å². The van der Waals surface area contributed by atoms with Crippen molar-refractivity contribution in [2.24, 2.45) is 0 Å². The summed E-state index contributed by atoms with van der Waals surface area (Å²) in [5.41, 5.74) is 1.10. The van der Waals surface area contributed by atoms with E-state index < -0.39 is 30.1 Å². The number of ether oxygens (including phenoxy) is 1. The van der Waals surface area contributed by atoms with Gasteiger partial charge in [-0.15, -0.1) is 12.4 Å². The predicted molar refractivity (Wildman–Crippen MR) is 107 cm³/mol. The van der Waals surface area contributed by atoms with Crippen LogP contribution >= 0.6 is 12.4 Å². The first-order valence-corrected chi connectivity index (χ1v) is 9.44. The van der Waals surface area contributed by atoms with Crippen LogP contribution in [-0.4, -0.2) is 59.1 Å². The fourth-order valence-corrected chi connectivity index (χ4v) is 3.38. The van der Waals surface area contributed by atoms with Crippen LogP contribution in [0.3, 0.4) is 0 Å². The Balaban J connectivity index is 0.00000392. The molecule has 1 fully saturated rings. The van der Waals surface area contributed by atoms with Gasteiger partial charge in [-0.05, 0) is 45.1 Å². The van der Waals surface area contributed by atoms with Crippen LogP contribution in [0.15, 0.2) is 30.3 Å². The van der Waals surface area contributed by atoms with Crippen LogP contribution in [0.5, 0.6) is 0 Å². The zero-order valence-electron chi connectivity index (χ0n) is 16.3. The molecule has 1 aliphatic heterocycles. The highest BCUT2D eigenvalue weighted by atomic mass is 35.5. The molecule has 2 rings (SSSR count). The summed E-state index contributed by atoms with van der Waals surface area (Å²) < 4.78 is 5.14. The van der Waals surface area contributed by atoms with Crippen molar-refractivity contribution in [2.45, 2.75) is 57.7 Å². The Kier molecular flexibility index (Phi) is 9.96. The number of aliphatic carboxylic acids is 1. The second kappa shape index (κ2) is 11.7. The van der Waals surface area contributed by atoms with E-state index in [1.54, 1.807) is 13.8 Å². The first-order chi connectivity index (χ1) is 12.9. The Bertz CT molecular complexity index is 655. The summed E-state index contributed by atoms with van der Waals surface area (Å²) in [5, 5.41) is 12.3. The van der Waals surface area contributed by atoms with Crippen LogP contribution in [0.4, 0.5) is 0 Å². The van der Waals surface area contributed by atoms with Crippen molar-refractivity contribution in [3.63, 3.8) is 0 Å². The maximum Gasteiger partial charge on any atom is 0.326 e. The molecule has 0 bridgehead atoms. The Labute approximate surface area is 171 Å². The zero-order valence-corrected chi connectivity index (χ0v) is 17.1. The number of halogens is 1. The third kappa shape index (κ3) is 6.49. The Morgan fingerprint density at radius 1 is 1.29 bits per heavy atom. The molecule has 1 heterocycles. The van der Waals surface area contributed by atoms with Gasteiger partial charge in [0.15, 0.2) is 0 Å². The van der Waals surface area contributed by atoms with Gasteiger partial charge in [-0.1, -0.05) is 30.3 Å². The number of likely N-dealkylation sites (tertiary alicyclic amines) is 1. The molecule has 7 nitrogen and oxygen atoms in total. The molecule has 28 heavy (non-hydrogen) atoms. The van der Waals surface area contributed by atoms with Crippen LogP contribution in [-0.2, 0) is 25.5 Å². The molecule has 3 atom stereocenters. The fourth-order valence-electron chi connectivity index (χ4n) is 3.38. The van der Waals surface area contributed by atoms with E-state index in [4.69, 9.17) is 4.74 Å². The number of carboxylic acid groups (broad SMARTS) is 1. The first-order valence-electron chi connectivity index (χ1n) is 9.44. The number of nitrogens with one attached hydrogen (secondary N) is 1. The zero-order chi connectivity index (χ0) is 19.8. The molecule has 0 saturated carbocycles. The van der Waals surface area contributed by atoms with Gasteiger partial charge >= 0.3 is 11.9 Å². The van der Waals surface area contributed by atoms with Gasteiger partial charge in [-0.25, -0.2) is 4.79 Å². The summed E-state index contributed by atoms with van der Waals surface area (Å²) in [5.74, 6) is -1.68. The van der Waals surface area contributed by atoms with Crippen LogP contribution < -0.4 is 5.32 Å². The van der Waals surface area contributed by atoms with Gasteiger partial charge in [0, 0.05) is 6.54 Å². The number of hydrogen-bond acceptors (Lipinski definition) is 5. The lowest BCUT2D eigenvalue weighted by molar-refractivity contribution is -0.150. The number of amides is 1. The second-order valence-corrected chi connectivity index (χ2v) is 6.75. The molecular weight excluding hydrogens is 384 g/mol. The van der Waals surface area contributed by atoms with Gasteiger partial charge < -0.3 is 14.7 Å². The molecule has 0 spiro atoms. The van der Waals surface area contributed by atoms with Crippen molar-refractivity contribution in [3.05, 3.63) is 35.9 Å². The lowest BCUT2D eigenvalue weighted by Crippen LogP contribution is -2.53. The van der Waals surface area contributed by atoms with Crippen molar-refractivity contribution < 1.29 is 24.2 Å². The van der Waals surface area contributed by atoms with E-state index in [9.17, 15) is 19.5 Å². The van der Waals surface area contributed by atoms with E-state index >= 15 is 0 Å². The number of benzene rings is 1. The number of aryl methyl sites for hydroxylation is 1. The number of carboxylic acids is 1. The average Bonchev–Trinajstić information content (AvgIpc) is 3.15. The van der Waals surface area contributed by atoms with E-state index in [1.807, 2.05) is 30.3 Å². The molecule has 1 amide bonds. The predicted octanol–water partition coefficient (Wildman–Crippen LogP) is 2.03. The highest BCUT2D eigenvalue weighted by Crippen LogP contribution is 2.19. The Hall–Kier alpha value is -2.12. The molecule has 2 N–H and O–H groups in total. The van der Waals surface area contributed by atoms with E-state index in [1.165, 1.54) is 4.90 Å². The maximum atomic E-state index is 12.7. The van der Waals surface area contributed by atoms with Crippen LogP contribution in [0.1, 0.15) is 38.7 Å². The largest absolute Gasteiger partial charge is 0.480 e. The molecular formula is C20H29ClN2O5. The third-order valence-electron chi connectivity index (χ3n) is 4.78. The quantitative estimate of drug-likeness (QED) is 0.602. The number of rotatable bonds is 9. The van der Waals surface area contributed by atoms with E-state index in [0.717, 1.165) is 5.56 Å². The number of carbonyl (C=O) groups is 3. The summed E-state index contributed by atoms with van der Waals surface area (Å²) in [6, 6.07) is 7.69. The standard InChI is InChI=1S/C20H28N2O5.ClH/c1-3-27-20(26)16(12-11-15-8-5-4-6-9-15)21-14(2)18(23)22-13-7-10-17(22)19(24)25;/h4-6,8-9,14,16-17,21H,3,7,10-13H2,1-2H3,(H,24,25);1H/t14?,16?,17-;/m0./s1. The first kappa shape index (κ1) is 23.9. The molecule has 1 saturated heterocycles. The minimum atomic E-state index is -0.987. The highest BCUT2D eigenvalue weighted by Gasteiger charge is 2.36. The van der Waals surface area contributed by atoms with E-state index in [0.29, 0.717) is 32.2 Å². The molecule has 156 valence electrons. The van der Waals surface area contributed by atoms with Crippen molar-refractivity contribution >= 4 is 30.3 Å². The van der Waals surface area contributed by atoms with Crippen LogP contribution in [0.25, 0.3) is 0 Å². The van der Waals surface area contributed by atoms with Gasteiger partial charge in [0.1, 0.15) is 12.1 Å². The molecule has 1 aromatic carbocycles. The van der Waals surface area contributed by atoms with Gasteiger partial charge in [0.25, 0.3) is 0 Å². The van der Waals surface area contributed by atoms with E-state index in [-0.39, 0.29) is 24.9 Å². The smallest absolute Gasteiger partial charge is 0.326 e. The molecule has 8 heteroatoms. The molecule has 2 unspecified atom stereocenters. The SMILES string of the molecule is CCOC(=O)C(CCc1ccccc1)NC(C)C(=O)N1CCC[C@H]1C(=O)O.Cl. The average molecular weight is 413 g/mol. The highest BCUT2D eigenvalue weighted by molar-refractivity contribution is 5.88. The van der Waals surface area contributed by atoms with E-state index in [2.05, 4.69) is 5.32 Å². The van der Waals surface area contributed by atoms with Crippen LogP contribution in [0.2, 0.25) is 0 Å². The molecule has 0 aliphatic carbocycles. The van der Waals surface area contributed by atoms with Crippen molar-refractivity contribution in [3.8, 4) is 0 Å². The summed E-state index contributed by atoms with van der Waals surface area (Å²) in [6.07, 6.45) is 2.29. The molecule has 0 radical (unpaired) electrons. The number of carbonyl (C=O) groups excluding carboxylic acids is 2. The second-order valence-electron chi connectivity index (χ2n) is 6.75. The van der Waals surface area contributed by atoms with Gasteiger partial charge in [0.05, 0.1) is 12.6 Å². The monoisotopic (exact) mass is 412 g/mol. The lowest BCUT2D eigenvalue weighted by atomic mass is 10.0. The van der Waals surface area contributed by atoms with Crippen molar-refractivity contribution in [2.75, 3.05) is 13.2 Å². The van der Waals surface area contributed by atoms with Gasteiger partial charge in [-0.2, -0.15) is 0 Å². The normalized spacial score (nSPS) is 18.1. The minimum absolute atomic E-state index is 0. The minimum Gasteiger partial charge on any atom is -0.480 e. The number of esters is 1. The lowest BCUT2D eigenvalue weighted by Gasteiger charge is -2.27. The van der Waals surface area contributed by atoms with Gasteiger partial charge in [0.2, 0.25) is 5.91 Å². The summed E-state index contributed by atoms with van der Waals surface area (Å²) in [4.78, 5) is 37.7. The number of nitrogens with zero attached hydrogens (tertiary/aromatic N) is 1. The summed E-state index contributed by atoms with van der Waals surface area (Å²) >= 11 is 0. The topological polar surface area (TPSA) is 95.9 Å². The van der Waals surface area contributed by atoms with Gasteiger partial charge in [-0.3, -0.25) is 14.9 Å². The molecule has 1 aliphatic rings. The molecule has 0 aromatic heterocycles. The van der Waals surface area contributed by atoms with Crippen molar-refractivity contribution in [1.82, 2.24) is 10.2 Å². The molecule has 1 aromatic rings. The number of hydrogen-bond donors (Lipinski definition) is 2. The third-order valence-corrected chi connectivity index (χ3v) is 4.78. The summed E-state index contributed by atoms with van der Waals surface area (Å²) in [7, 11) is 0. The fraction of sp³-hybridized carbons (Fsp3) is 0.550. The van der Waals surface area contributed by atoms with Crippen LogP contribution in [0, 0.1) is 0 Å². The Morgan fingerprint density at radius 2 is 1.96 bits per heavy atom.